The molecule has 1 fully saturated rings. The Labute approximate surface area is 163 Å². The van der Waals surface area contributed by atoms with Gasteiger partial charge in [0.1, 0.15) is 5.82 Å². The Morgan fingerprint density at radius 1 is 1.18 bits per heavy atom. The first-order valence-corrected chi connectivity index (χ1v) is 9.52. The fourth-order valence-corrected chi connectivity index (χ4v) is 3.46. The van der Waals surface area contributed by atoms with Gasteiger partial charge in [0.2, 0.25) is 17.6 Å². The number of nitrogens with zero attached hydrogens (tertiary/aromatic N) is 4. The highest BCUT2D eigenvalue weighted by Gasteiger charge is 2.26. The van der Waals surface area contributed by atoms with Gasteiger partial charge in [-0.05, 0) is 50.6 Å². The van der Waals surface area contributed by atoms with Crippen LogP contribution in [-0.2, 0) is 11.3 Å². The summed E-state index contributed by atoms with van der Waals surface area (Å²) in [5.74, 6) is 1.87. The molecule has 0 spiro atoms. The smallest absolute Gasteiger partial charge is 0.241 e. The molecular weight excluding hydrogens is 354 g/mol. The highest BCUT2D eigenvalue weighted by Crippen LogP contribution is 2.23. The molecule has 1 saturated heterocycles. The second kappa shape index (κ2) is 8.31. The van der Waals surface area contributed by atoms with Crippen LogP contribution in [0.25, 0.3) is 11.4 Å². The molecule has 7 heteroatoms. The Bertz CT molecular complexity index is 933. The molecule has 1 amide bonds. The van der Waals surface area contributed by atoms with Gasteiger partial charge in [-0.1, -0.05) is 35.5 Å². The summed E-state index contributed by atoms with van der Waals surface area (Å²) in [6, 6.07) is 13.5. The van der Waals surface area contributed by atoms with E-state index in [-0.39, 0.29) is 11.8 Å². The predicted molar refractivity (Wildman–Crippen MR) is 105 cm³/mol. The van der Waals surface area contributed by atoms with Gasteiger partial charge in [-0.3, -0.25) is 9.69 Å². The third-order valence-corrected chi connectivity index (χ3v) is 5.09. The van der Waals surface area contributed by atoms with Crippen LogP contribution in [0.15, 0.2) is 53.2 Å². The molecule has 4 rings (SSSR count). The molecule has 7 nitrogen and oxygen atoms in total. The summed E-state index contributed by atoms with van der Waals surface area (Å²) >= 11 is 0. The van der Waals surface area contributed by atoms with E-state index in [0.717, 1.165) is 37.1 Å². The van der Waals surface area contributed by atoms with E-state index in [9.17, 15) is 4.79 Å². The van der Waals surface area contributed by atoms with E-state index >= 15 is 0 Å². The molecular formula is C21H23N5O2. The van der Waals surface area contributed by atoms with Crippen molar-refractivity contribution >= 4 is 11.7 Å². The van der Waals surface area contributed by atoms with E-state index in [1.54, 1.807) is 12.3 Å². The Morgan fingerprint density at radius 3 is 2.71 bits per heavy atom. The molecule has 0 aliphatic carbocycles. The van der Waals surface area contributed by atoms with Crippen LogP contribution in [0.4, 0.5) is 5.82 Å². The van der Waals surface area contributed by atoms with Gasteiger partial charge < -0.3 is 9.84 Å². The normalized spacial score (nSPS) is 15.5. The van der Waals surface area contributed by atoms with Crippen LogP contribution in [0.5, 0.6) is 0 Å². The van der Waals surface area contributed by atoms with E-state index in [1.807, 2.05) is 43.3 Å². The highest BCUT2D eigenvalue weighted by atomic mass is 16.5. The quantitative estimate of drug-likeness (QED) is 0.734. The first-order chi connectivity index (χ1) is 13.7. The standard InChI is InChI=1S/C21H23N5O2/c1-15-6-2-3-7-17(15)20-24-19(28-25-20)14-26-12-9-16(10-13-26)21(27)23-18-8-4-5-11-22-18/h2-8,11,16H,9-10,12-14H2,1H3,(H,22,23,27). The highest BCUT2D eigenvalue weighted by molar-refractivity contribution is 5.91. The summed E-state index contributed by atoms with van der Waals surface area (Å²) in [4.78, 5) is 23.4. The number of carbonyl (C=O) groups is 1. The number of pyridine rings is 1. The number of hydrogen-bond acceptors (Lipinski definition) is 6. The molecule has 2 aromatic heterocycles. The molecule has 3 heterocycles. The number of nitrogens with one attached hydrogen (secondary N) is 1. The number of aryl methyl sites for hydroxylation is 1. The number of benzene rings is 1. The van der Waals surface area contributed by atoms with Crippen LogP contribution >= 0.6 is 0 Å². The number of rotatable bonds is 5. The zero-order valence-corrected chi connectivity index (χ0v) is 15.8. The number of piperidine rings is 1. The summed E-state index contributed by atoms with van der Waals surface area (Å²) in [6.45, 7) is 4.28. The molecule has 144 valence electrons. The van der Waals surface area contributed by atoms with Crippen molar-refractivity contribution < 1.29 is 9.32 Å². The Balaban J connectivity index is 1.30. The SMILES string of the molecule is Cc1ccccc1-c1noc(CN2CCC(C(=O)Nc3ccccn3)CC2)n1. The first kappa shape index (κ1) is 18.3. The van der Waals surface area contributed by atoms with Crippen molar-refractivity contribution in [2.24, 2.45) is 5.92 Å². The number of hydrogen-bond donors (Lipinski definition) is 1. The molecule has 0 radical (unpaired) electrons. The third kappa shape index (κ3) is 4.26. The van der Waals surface area contributed by atoms with Gasteiger partial charge in [0, 0.05) is 17.7 Å². The van der Waals surface area contributed by atoms with Crippen molar-refractivity contribution in [1.29, 1.82) is 0 Å². The average Bonchev–Trinajstić information content (AvgIpc) is 3.18. The van der Waals surface area contributed by atoms with Crippen LogP contribution in [-0.4, -0.2) is 39.0 Å². The number of anilines is 1. The fraction of sp³-hybridized carbons (Fsp3) is 0.333. The first-order valence-electron chi connectivity index (χ1n) is 9.52. The van der Waals surface area contributed by atoms with Crippen molar-refractivity contribution in [2.75, 3.05) is 18.4 Å². The van der Waals surface area contributed by atoms with Gasteiger partial charge in [0.25, 0.3) is 0 Å². The summed E-state index contributed by atoms with van der Waals surface area (Å²) in [5, 5.41) is 7.01. The molecule has 0 unspecified atom stereocenters. The Hall–Kier alpha value is -3.06. The van der Waals surface area contributed by atoms with Crippen LogP contribution < -0.4 is 5.32 Å². The van der Waals surface area contributed by atoms with E-state index in [2.05, 4.69) is 25.3 Å². The van der Waals surface area contributed by atoms with E-state index in [1.165, 1.54) is 0 Å². The molecule has 0 atom stereocenters. The summed E-state index contributed by atoms with van der Waals surface area (Å²) < 4.78 is 5.44. The van der Waals surface area contributed by atoms with Crippen LogP contribution in [0.1, 0.15) is 24.3 Å². The predicted octanol–water partition coefficient (Wildman–Crippen LogP) is 3.29. The minimum absolute atomic E-state index is 0.00321. The largest absolute Gasteiger partial charge is 0.338 e. The Kier molecular flexibility index (Phi) is 5.43. The van der Waals surface area contributed by atoms with Gasteiger partial charge in [-0.2, -0.15) is 4.98 Å². The fourth-order valence-electron chi connectivity index (χ4n) is 3.46. The molecule has 1 aliphatic rings. The van der Waals surface area contributed by atoms with Crippen molar-refractivity contribution in [3.05, 3.63) is 60.1 Å². The molecule has 1 N–H and O–H groups in total. The average molecular weight is 377 g/mol. The molecule has 0 saturated carbocycles. The molecule has 1 aromatic carbocycles. The number of amides is 1. The van der Waals surface area contributed by atoms with Crippen molar-refractivity contribution in [3.63, 3.8) is 0 Å². The van der Waals surface area contributed by atoms with E-state index in [4.69, 9.17) is 4.52 Å². The van der Waals surface area contributed by atoms with Gasteiger partial charge in [0.15, 0.2) is 0 Å². The maximum absolute atomic E-state index is 12.4. The number of likely N-dealkylation sites (tertiary alicyclic amines) is 1. The minimum atomic E-state index is 0.00321. The zero-order valence-electron chi connectivity index (χ0n) is 15.8. The third-order valence-electron chi connectivity index (χ3n) is 5.09. The maximum atomic E-state index is 12.4. The van der Waals surface area contributed by atoms with Crippen molar-refractivity contribution in [2.45, 2.75) is 26.3 Å². The summed E-state index contributed by atoms with van der Waals surface area (Å²) in [5.41, 5.74) is 2.11. The van der Waals surface area contributed by atoms with Gasteiger partial charge >= 0.3 is 0 Å². The second-order valence-electron chi connectivity index (χ2n) is 7.08. The molecule has 28 heavy (non-hydrogen) atoms. The van der Waals surface area contributed by atoms with Gasteiger partial charge in [-0.25, -0.2) is 4.98 Å². The minimum Gasteiger partial charge on any atom is -0.338 e. The topological polar surface area (TPSA) is 84.2 Å². The van der Waals surface area contributed by atoms with E-state index in [0.29, 0.717) is 24.1 Å². The lowest BCUT2D eigenvalue weighted by Crippen LogP contribution is -2.37. The van der Waals surface area contributed by atoms with Crippen molar-refractivity contribution in [1.82, 2.24) is 20.0 Å². The van der Waals surface area contributed by atoms with Gasteiger partial charge in [-0.15, -0.1) is 0 Å². The maximum Gasteiger partial charge on any atom is 0.241 e. The summed E-state index contributed by atoms with van der Waals surface area (Å²) in [7, 11) is 0. The zero-order chi connectivity index (χ0) is 19.3. The molecule has 1 aliphatic heterocycles. The summed E-state index contributed by atoms with van der Waals surface area (Å²) in [6.07, 6.45) is 3.28. The van der Waals surface area contributed by atoms with Crippen LogP contribution in [0.2, 0.25) is 0 Å². The lowest BCUT2D eigenvalue weighted by Gasteiger charge is -2.30. The van der Waals surface area contributed by atoms with E-state index < -0.39 is 0 Å². The molecule has 0 bridgehead atoms. The van der Waals surface area contributed by atoms with Crippen LogP contribution in [0.3, 0.4) is 0 Å². The second-order valence-corrected chi connectivity index (χ2v) is 7.08. The molecule has 3 aromatic rings. The Morgan fingerprint density at radius 2 is 1.96 bits per heavy atom. The number of carbonyl (C=O) groups excluding carboxylic acids is 1. The van der Waals surface area contributed by atoms with Crippen LogP contribution in [0, 0.1) is 12.8 Å². The van der Waals surface area contributed by atoms with Gasteiger partial charge in [0.05, 0.1) is 6.54 Å². The lowest BCUT2D eigenvalue weighted by atomic mass is 9.96. The lowest BCUT2D eigenvalue weighted by molar-refractivity contribution is -0.121. The monoisotopic (exact) mass is 377 g/mol. The number of aromatic nitrogens is 3. The van der Waals surface area contributed by atoms with Crippen molar-refractivity contribution in [3.8, 4) is 11.4 Å².